The highest BCUT2D eigenvalue weighted by Gasteiger charge is 2.12. The van der Waals surface area contributed by atoms with Gasteiger partial charge in [0.25, 0.3) is 0 Å². The van der Waals surface area contributed by atoms with Gasteiger partial charge in [-0.15, -0.1) is 22.7 Å². The molecule has 0 fully saturated rings. The summed E-state index contributed by atoms with van der Waals surface area (Å²) < 4.78 is 1.29. The topological polar surface area (TPSA) is 0 Å². The Kier molecular flexibility index (Phi) is 3.83. The summed E-state index contributed by atoms with van der Waals surface area (Å²) in [6.07, 6.45) is 0. The zero-order valence-electron chi connectivity index (χ0n) is 13.9. The predicted molar refractivity (Wildman–Crippen MR) is 115 cm³/mol. The minimum absolute atomic E-state index is 1.05. The zero-order chi connectivity index (χ0) is 17.3. The largest absolute Gasteiger partial charge is 0.143 e. The number of hydrogen-bond donors (Lipinski definition) is 0. The monoisotopic (exact) mass is 366 g/mol. The Balaban J connectivity index is 1.67. The summed E-state index contributed by atoms with van der Waals surface area (Å²) in [5.74, 6) is 6.87. The van der Waals surface area contributed by atoms with Gasteiger partial charge in [0.15, 0.2) is 0 Å². The highest BCUT2D eigenvalue weighted by atomic mass is 32.1. The molecule has 0 radical (unpaired) electrons. The van der Waals surface area contributed by atoms with E-state index in [2.05, 4.69) is 96.1 Å². The first-order valence-electron chi connectivity index (χ1n) is 8.45. The lowest BCUT2D eigenvalue weighted by molar-refractivity contribution is 1.69. The molecular formula is C24H14S2. The average Bonchev–Trinajstić information content (AvgIpc) is 3.34. The molecule has 0 aliphatic carbocycles. The molecule has 0 aliphatic rings. The second-order valence-electron chi connectivity index (χ2n) is 6.09. The van der Waals surface area contributed by atoms with Gasteiger partial charge in [-0.05, 0) is 40.4 Å². The summed E-state index contributed by atoms with van der Waals surface area (Å²) in [5, 5.41) is 5.85. The van der Waals surface area contributed by atoms with Crippen LogP contribution in [-0.2, 0) is 0 Å². The molecule has 0 nitrogen and oxygen atoms in total. The molecule has 0 saturated heterocycles. The lowest BCUT2D eigenvalue weighted by Crippen LogP contribution is -1.79. The van der Waals surface area contributed by atoms with E-state index in [0.717, 1.165) is 11.1 Å². The van der Waals surface area contributed by atoms with Gasteiger partial charge in [0, 0.05) is 20.5 Å². The van der Waals surface area contributed by atoms with Crippen molar-refractivity contribution in [2.45, 2.75) is 0 Å². The van der Waals surface area contributed by atoms with Gasteiger partial charge in [0.2, 0.25) is 0 Å². The fourth-order valence-corrected chi connectivity index (χ4v) is 5.17. The molecule has 0 aliphatic heterocycles. The van der Waals surface area contributed by atoms with E-state index in [9.17, 15) is 0 Å². The lowest BCUT2D eigenvalue weighted by Gasteiger charge is -1.98. The standard InChI is InChI=1S/C24H14S2/c1-2-7-19-16-17(11-13-18(19)6-1)12-14-21-20-8-3-4-9-22(20)26-24(21)23-10-5-15-25-23/h1-11,13,15-16H. The molecular weight excluding hydrogens is 352 g/mol. The Bertz CT molecular complexity index is 1280. The first kappa shape index (κ1) is 15.4. The van der Waals surface area contributed by atoms with Crippen molar-refractivity contribution in [1.82, 2.24) is 0 Å². The van der Waals surface area contributed by atoms with Crippen molar-refractivity contribution >= 4 is 43.5 Å². The van der Waals surface area contributed by atoms with Crippen molar-refractivity contribution in [3.05, 3.63) is 95.4 Å². The van der Waals surface area contributed by atoms with Crippen molar-refractivity contribution in [1.29, 1.82) is 0 Å². The van der Waals surface area contributed by atoms with Crippen LogP contribution in [-0.4, -0.2) is 0 Å². The molecule has 5 rings (SSSR count). The molecule has 2 heteroatoms. The van der Waals surface area contributed by atoms with Gasteiger partial charge in [-0.1, -0.05) is 66.4 Å². The molecule has 122 valence electrons. The molecule has 0 N–H and O–H groups in total. The first-order valence-corrected chi connectivity index (χ1v) is 10.1. The molecule has 0 bridgehead atoms. The van der Waals surface area contributed by atoms with E-state index in [4.69, 9.17) is 0 Å². The highest BCUT2D eigenvalue weighted by Crippen LogP contribution is 2.40. The van der Waals surface area contributed by atoms with E-state index in [1.807, 2.05) is 11.3 Å². The third-order valence-electron chi connectivity index (χ3n) is 4.42. The Morgan fingerprint density at radius 2 is 1.54 bits per heavy atom. The summed E-state index contributed by atoms with van der Waals surface area (Å²) in [5.41, 5.74) is 2.19. The second kappa shape index (κ2) is 6.46. The minimum atomic E-state index is 1.05. The van der Waals surface area contributed by atoms with Crippen LogP contribution in [0.15, 0.2) is 84.2 Å². The van der Waals surface area contributed by atoms with Crippen molar-refractivity contribution in [3.8, 4) is 21.6 Å². The van der Waals surface area contributed by atoms with E-state index in [1.54, 1.807) is 11.3 Å². The van der Waals surface area contributed by atoms with Crippen molar-refractivity contribution in [2.24, 2.45) is 0 Å². The highest BCUT2D eigenvalue weighted by molar-refractivity contribution is 7.26. The molecule has 0 atom stereocenters. The maximum atomic E-state index is 3.47. The third kappa shape index (κ3) is 2.72. The van der Waals surface area contributed by atoms with Crippen LogP contribution >= 0.6 is 22.7 Å². The second-order valence-corrected chi connectivity index (χ2v) is 8.09. The van der Waals surface area contributed by atoms with E-state index in [1.165, 1.54) is 30.6 Å². The number of rotatable bonds is 1. The SMILES string of the molecule is C(#Cc1c(-c2cccs2)sc2ccccc12)c1ccc2ccccc2c1. The van der Waals surface area contributed by atoms with Crippen molar-refractivity contribution < 1.29 is 0 Å². The molecule has 3 aromatic carbocycles. The zero-order valence-corrected chi connectivity index (χ0v) is 15.5. The van der Waals surface area contributed by atoms with Crippen LogP contribution in [0.25, 0.3) is 30.6 Å². The van der Waals surface area contributed by atoms with Gasteiger partial charge < -0.3 is 0 Å². The van der Waals surface area contributed by atoms with Gasteiger partial charge in [0.05, 0.1) is 10.4 Å². The van der Waals surface area contributed by atoms with Crippen LogP contribution in [0.4, 0.5) is 0 Å². The molecule has 2 aromatic heterocycles. The number of hydrogen-bond acceptors (Lipinski definition) is 2. The normalized spacial score (nSPS) is 10.8. The molecule has 26 heavy (non-hydrogen) atoms. The predicted octanol–water partition coefficient (Wildman–Crippen LogP) is 7.18. The Morgan fingerprint density at radius 3 is 2.42 bits per heavy atom. The molecule has 2 heterocycles. The molecule has 0 amide bonds. The van der Waals surface area contributed by atoms with E-state index in [-0.39, 0.29) is 0 Å². The summed E-state index contributed by atoms with van der Waals surface area (Å²) in [7, 11) is 0. The van der Waals surface area contributed by atoms with Crippen LogP contribution in [0.1, 0.15) is 11.1 Å². The Hall–Kier alpha value is -2.86. The number of benzene rings is 3. The third-order valence-corrected chi connectivity index (χ3v) is 6.64. The van der Waals surface area contributed by atoms with E-state index < -0.39 is 0 Å². The van der Waals surface area contributed by atoms with Crippen LogP contribution in [0, 0.1) is 11.8 Å². The summed E-state index contributed by atoms with van der Waals surface area (Å²) in [6, 6.07) is 27.6. The smallest absolute Gasteiger partial charge is 0.0611 e. The number of thiophene rings is 2. The van der Waals surface area contributed by atoms with Crippen molar-refractivity contribution in [3.63, 3.8) is 0 Å². The number of fused-ring (bicyclic) bond motifs is 2. The Morgan fingerprint density at radius 1 is 0.692 bits per heavy atom. The van der Waals surface area contributed by atoms with Crippen LogP contribution in [0.2, 0.25) is 0 Å². The van der Waals surface area contributed by atoms with Crippen molar-refractivity contribution in [2.75, 3.05) is 0 Å². The Labute approximate surface area is 160 Å². The van der Waals surface area contributed by atoms with E-state index >= 15 is 0 Å². The maximum absolute atomic E-state index is 3.47. The van der Waals surface area contributed by atoms with Crippen LogP contribution in [0.5, 0.6) is 0 Å². The molecule has 0 spiro atoms. The van der Waals surface area contributed by atoms with Gasteiger partial charge in [0.1, 0.15) is 0 Å². The quantitative estimate of drug-likeness (QED) is 0.276. The maximum Gasteiger partial charge on any atom is 0.0611 e. The summed E-state index contributed by atoms with van der Waals surface area (Å²) in [4.78, 5) is 2.56. The fourth-order valence-electron chi connectivity index (χ4n) is 3.15. The minimum Gasteiger partial charge on any atom is -0.143 e. The lowest BCUT2D eigenvalue weighted by atomic mass is 10.1. The molecule has 0 unspecified atom stereocenters. The van der Waals surface area contributed by atoms with Gasteiger partial charge >= 0.3 is 0 Å². The van der Waals surface area contributed by atoms with Gasteiger partial charge in [-0.2, -0.15) is 0 Å². The van der Waals surface area contributed by atoms with Gasteiger partial charge in [-0.25, -0.2) is 0 Å². The van der Waals surface area contributed by atoms with Gasteiger partial charge in [-0.3, -0.25) is 0 Å². The molecule has 5 aromatic rings. The molecule has 0 saturated carbocycles. The van der Waals surface area contributed by atoms with Crippen LogP contribution in [0.3, 0.4) is 0 Å². The summed E-state index contributed by atoms with van der Waals surface area (Å²) in [6.45, 7) is 0. The average molecular weight is 367 g/mol. The summed E-state index contributed by atoms with van der Waals surface area (Å²) >= 11 is 3.60. The van der Waals surface area contributed by atoms with Crippen LogP contribution < -0.4 is 0 Å². The first-order chi connectivity index (χ1) is 12.9. The fraction of sp³-hybridized carbons (Fsp3) is 0. The van der Waals surface area contributed by atoms with E-state index in [0.29, 0.717) is 0 Å².